The van der Waals surface area contributed by atoms with E-state index in [2.05, 4.69) is 26.2 Å². The van der Waals surface area contributed by atoms with Crippen molar-refractivity contribution in [1.82, 2.24) is 4.98 Å². The van der Waals surface area contributed by atoms with E-state index < -0.39 is 0 Å². The van der Waals surface area contributed by atoms with Crippen LogP contribution in [0, 0.1) is 0 Å². The molecule has 0 bridgehead atoms. The van der Waals surface area contributed by atoms with Crippen LogP contribution in [0.5, 0.6) is 0 Å². The molecule has 0 aliphatic heterocycles. The Morgan fingerprint density at radius 2 is 1.75 bits per heavy atom. The molecule has 2 aromatic carbocycles. The Hall–Kier alpha value is -0.520. The predicted octanol–water partition coefficient (Wildman–Crippen LogP) is 6.76. The molecule has 102 valence electrons. The lowest BCUT2D eigenvalue weighted by atomic mass is 10.3. The average Bonchev–Trinajstić information content (AvgIpc) is 2.78. The van der Waals surface area contributed by atoms with Gasteiger partial charge in [-0.2, -0.15) is 0 Å². The highest BCUT2D eigenvalue weighted by Gasteiger charge is 2.11. The summed E-state index contributed by atoms with van der Waals surface area (Å²) < 4.78 is 1.76. The summed E-state index contributed by atoms with van der Waals surface area (Å²) in [5.41, 5.74) is 1.47. The molecule has 3 aromatic rings. The van der Waals surface area contributed by atoms with Crippen LogP contribution in [0.3, 0.4) is 0 Å². The molecule has 1 heterocycles. The third kappa shape index (κ3) is 2.76. The maximum Gasteiger partial charge on any atom is 0.188 e. The molecule has 0 aliphatic carbocycles. The van der Waals surface area contributed by atoms with E-state index in [1.54, 1.807) is 12.1 Å². The summed E-state index contributed by atoms with van der Waals surface area (Å²) in [6, 6.07) is 9.17. The second kappa shape index (κ2) is 5.70. The lowest BCUT2D eigenvalue weighted by molar-refractivity contribution is 1.44. The number of anilines is 2. The molecule has 0 spiro atoms. The fourth-order valence-corrected chi connectivity index (χ4v) is 4.20. The topological polar surface area (TPSA) is 24.9 Å². The van der Waals surface area contributed by atoms with Crippen LogP contribution in [0.15, 0.2) is 34.8 Å². The predicted molar refractivity (Wildman–Crippen MR) is 92.1 cm³/mol. The normalized spacial score (nSPS) is 11.0. The summed E-state index contributed by atoms with van der Waals surface area (Å²) >= 11 is 23.3. The van der Waals surface area contributed by atoms with Crippen molar-refractivity contribution >= 4 is 83.1 Å². The van der Waals surface area contributed by atoms with Crippen LogP contribution >= 0.6 is 62.1 Å². The van der Waals surface area contributed by atoms with Gasteiger partial charge in [0.15, 0.2) is 5.13 Å². The quantitative estimate of drug-likeness (QED) is 0.506. The van der Waals surface area contributed by atoms with Crippen molar-refractivity contribution in [2.24, 2.45) is 0 Å². The number of aromatic nitrogens is 1. The number of fused-ring (bicyclic) bond motifs is 1. The Labute approximate surface area is 142 Å². The van der Waals surface area contributed by atoms with E-state index in [9.17, 15) is 0 Å². The van der Waals surface area contributed by atoms with Gasteiger partial charge in [-0.1, -0.05) is 68.1 Å². The van der Waals surface area contributed by atoms with Crippen molar-refractivity contribution in [2.45, 2.75) is 0 Å². The molecular formula is C13H6BrCl3N2S. The first kappa shape index (κ1) is 14.4. The van der Waals surface area contributed by atoms with E-state index in [-0.39, 0.29) is 0 Å². The molecule has 7 heteroatoms. The number of hydrogen-bond donors (Lipinski definition) is 1. The Kier molecular flexibility index (Phi) is 4.11. The molecular weight excluding hydrogens is 402 g/mol. The van der Waals surface area contributed by atoms with Crippen molar-refractivity contribution in [3.8, 4) is 0 Å². The largest absolute Gasteiger partial charge is 0.329 e. The Balaban J connectivity index is 2.04. The SMILES string of the molecule is Clc1cc(Br)cc(Cl)c1Nc1nc2cccc(Cl)c2s1. The minimum absolute atomic E-state index is 0.523. The minimum atomic E-state index is 0.523. The van der Waals surface area contributed by atoms with E-state index in [0.717, 1.165) is 14.7 Å². The van der Waals surface area contributed by atoms with Gasteiger partial charge in [0.25, 0.3) is 0 Å². The number of thiazole rings is 1. The molecule has 1 N–H and O–H groups in total. The second-order valence-corrected chi connectivity index (χ2v) is 7.11. The van der Waals surface area contributed by atoms with E-state index >= 15 is 0 Å². The molecule has 0 saturated carbocycles. The third-order valence-corrected chi connectivity index (χ3v) is 5.11. The zero-order valence-corrected chi connectivity index (χ0v) is 14.4. The van der Waals surface area contributed by atoms with Crippen LogP contribution in [0.4, 0.5) is 10.8 Å². The van der Waals surface area contributed by atoms with E-state index in [4.69, 9.17) is 34.8 Å². The van der Waals surface area contributed by atoms with Gasteiger partial charge >= 0.3 is 0 Å². The molecule has 1 aromatic heterocycles. The monoisotopic (exact) mass is 406 g/mol. The molecule has 0 atom stereocenters. The van der Waals surface area contributed by atoms with Gasteiger partial charge in [-0.3, -0.25) is 0 Å². The van der Waals surface area contributed by atoms with Gasteiger partial charge in [-0.25, -0.2) is 4.98 Å². The summed E-state index contributed by atoms with van der Waals surface area (Å²) in [6.45, 7) is 0. The Bertz CT molecular complexity index is 780. The summed E-state index contributed by atoms with van der Waals surface area (Å²) in [4.78, 5) is 4.47. The van der Waals surface area contributed by atoms with Crippen LogP contribution in [-0.4, -0.2) is 4.98 Å². The number of benzene rings is 2. The maximum absolute atomic E-state index is 6.19. The summed E-state index contributed by atoms with van der Waals surface area (Å²) in [5.74, 6) is 0. The smallest absolute Gasteiger partial charge is 0.188 e. The van der Waals surface area contributed by atoms with E-state index in [0.29, 0.717) is 25.9 Å². The van der Waals surface area contributed by atoms with Gasteiger partial charge in [0, 0.05) is 4.47 Å². The summed E-state index contributed by atoms with van der Waals surface area (Å²) in [6.07, 6.45) is 0. The van der Waals surface area contributed by atoms with E-state index in [1.165, 1.54) is 11.3 Å². The molecule has 0 fully saturated rings. The van der Waals surface area contributed by atoms with Crippen LogP contribution in [0.1, 0.15) is 0 Å². The van der Waals surface area contributed by atoms with Gasteiger partial charge in [0.05, 0.1) is 31.0 Å². The minimum Gasteiger partial charge on any atom is -0.329 e. The number of nitrogens with zero attached hydrogens (tertiary/aromatic N) is 1. The number of hydrogen-bond acceptors (Lipinski definition) is 3. The van der Waals surface area contributed by atoms with Crippen molar-refractivity contribution in [3.63, 3.8) is 0 Å². The lowest BCUT2D eigenvalue weighted by Crippen LogP contribution is -1.91. The zero-order chi connectivity index (χ0) is 14.3. The van der Waals surface area contributed by atoms with Gasteiger partial charge in [0.2, 0.25) is 0 Å². The molecule has 0 aliphatic rings. The molecule has 3 rings (SSSR count). The fourth-order valence-electron chi connectivity index (χ4n) is 1.74. The lowest BCUT2D eigenvalue weighted by Gasteiger charge is -2.08. The van der Waals surface area contributed by atoms with Crippen molar-refractivity contribution in [1.29, 1.82) is 0 Å². The number of halogens is 4. The van der Waals surface area contributed by atoms with Gasteiger partial charge in [0.1, 0.15) is 0 Å². The van der Waals surface area contributed by atoms with Crippen LogP contribution in [0.25, 0.3) is 10.2 Å². The van der Waals surface area contributed by atoms with Crippen molar-refractivity contribution < 1.29 is 0 Å². The van der Waals surface area contributed by atoms with Crippen LogP contribution in [-0.2, 0) is 0 Å². The maximum atomic E-state index is 6.19. The Morgan fingerprint density at radius 1 is 1.05 bits per heavy atom. The van der Waals surface area contributed by atoms with Crippen molar-refractivity contribution in [3.05, 3.63) is 49.9 Å². The Morgan fingerprint density at radius 3 is 2.40 bits per heavy atom. The highest BCUT2D eigenvalue weighted by molar-refractivity contribution is 9.10. The molecule has 2 nitrogen and oxygen atoms in total. The molecule has 0 saturated heterocycles. The highest BCUT2D eigenvalue weighted by atomic mass is 79.9. The first-order valence-corrected chi connectivity index (χ1v) is 8.25. The molecule has 20 heavy (non-hydrogen) atoms. The average molecular weight is 409 g/mol. The van der Waals surface area contributed by atoms with Gasteiger partial charge in [-0.05, 0) is 24.3 Å². The summed E-state index contributed by atoms with van der Waals surface area (Å²) in [5, 5.41) is 5.57. The van der Waals surface area contributed by atoms with Crippen molar-refractivity contribution in [2.75, 3.05) is 5.32 Å². The molecule has 0 radical (unpaired) electrons. The number of nitrogens with one attached hydrogen (secondary N) is 1. The van der Waals surface area contributed by atoms with Crippen LogP contribution < -0.4 is 5.32 Å². The number of rotatable bonds is 2. The fraction of sp³-hybridized carbons (Fsp3) is 0. The zero-order valence-electron chi connectivity index (χ0n) is 9.75. The molecule has 0 unspecified atom stereocenters. The standard InChI is InChI=1S/C13H6BrCl3N2S/c14-6-4-8(16)11(9(17)5-6)19-13-18-10-3-1-2-7(15)12(10)20-13/h1-5H,(H,18,19). The first-order chi connectivity index (χ1) is 9.54. The highest BCUT2D eigenvalue weighted by Crippen LogP contribution is 2.38. The summed E-state index contributed by atoms with van der Waals surface area (Å²) in [7, 11) is 0. The molecule has 0 amide bonds. The van der Waals surface area contributed by atoms with Gasteiger partial charge < -0.3 is 5.32 Å². The third-order valence-electron chi connectivity index (χ3n) is 2.61. The van der Waals surface area contributed by atoms with E-state index in [1.807, 2.05) is 18.2 Å². The second-order valence-electron chi connectivity index (χ2n) is 3.98. The first-order valence-electron chi connectivity index (χ1n) is 5.51. The van der Waals surface area contributed by atoms with Crippen LogP contribution in [0.2, 0.25) is 15.1 Å². The van der Waals surface area contributed by atoms with Gasteiger partial charge in [-0.15, -0.1) is 0 Å².